The highest BCUT2D eigenvalue weighted by molar-refractivity contribution is 5.94. The highest BCUT2D eigenvalue weighted by Gasteiger charge is 2.32. The molecule has 0 unspecified atom stereocenters. The fourth-order valence-corrected chi connectivity index (χ4v) is 3.32. The number of hydrogen-bond donors (Lipinski definition) is 1. The van der Waals surface area contributed by atoms with Crippen LogP contribution in [0.3, 0.4) is 0 Å². The van der Waals surface area contributed by atoms with Crippen molar-refractivity contribution in [3.8, 4) is 5.75 Å². The Bertz CT molecular complexity index is 824. The Labute approximate surface area is 152 Å². The highest BCUT2D eigenvalue weighted by Crippen LogP contribution is 2.30. The number of carboxylic acid groups (broad SMARTS) is 1. The topological polar surface area (TPSA) is 84.7 Å². The van der Waals surface area contributed by atoms with Crippen molar-refractivity contribution in [3.63, 3.8) is 0 Å². The van der Waals surface area contributed by atoms with E-state index in [-0.39, 0.29) is 11.3 Å². The van der Waals surface area contributed by atoms with Gasteiger partial charge in [-0.15, -0.1) is 0 Å². The lowest BCUT2D eigenvalue weighted by atomic mass is 9.87. The molecule has 138 valence electrons. The van der Waals surface area contributed by atoms with Crippen molar-refractivity contribution in [1.29, 1.82) is 0 Å². The standard InChI is InChI=1S/C19H23N3O4/c1-19(2)8-16-14(9-20-21(16)3)10-22(12-19)18(25)13-4-6-15(7-5-13)26-11-17(23)24/h4-7,9H,8,10-12H2,1-3H3,(H,23,24). The van der Waals surface area contributed by atoms with Crippen molar-refractivity contribution >= 4 is 11.9 Å². The number of hydrogen-bond acceptors (Lipinski definition) is 4. The molecule has 0 saturated carbocycles. The van der Waals surface area contributed by atoms with Crippen LogP contribution in [0.5, 0.6) is 5.75 Å². The number of rotatable bonds is 4. The lowest BCUT2D eigenvalue weighted by Crippen LogP contribution is -2.37. The zero-order chi connectivity index (χ0) is 18.9. The number of aliphatic carboxylic acids is 1. The quantitative estimate of drug-likeness (QED) is 0.906. The van der Waals surface area contributed by atoms with E-state index in [0.717, 1.165) is 12.0 Å². The van der Waals surface area contributed by atoms with Crippen LogP contribution in [0.1, 0.15) is 35.5 Å². The van der Waals surface area contributed by atoms with Gasteiger partial charge in [-0.1, -0.05) is 13.8 Å². The molecule has 1 N–H and O–H groups in total. The van der Waals surface area contributed by atoms with Crippen molar-refractivity contribution in [2.75, 3.05) is 13.2 Å². The first-order valence-corrected chi connectivity index (χ1v) is 8.49. The van der Waals surface area contributed by atoms with Crippen LogP contribution < -0.4 is 4.74 Å². The van der Waals surface area contributed by atoms with Crippen LogP contribution in [0, 0.1) is 5.41 Å². The summed E-state index contributed by atoms with van der Waals surface area (Å²) in [5.41, 5.74) is 2.74. The molecule has 0 radical (unpaired) electrons. The largest absolute Gasteiger partial charge is 0.482 e. The van der Waals surface area contributed by atoms with Crippen LogP contribution in [-0.4, -0.2) is 44.8 Å². The number of benzene rings is 1. The number of aromatic nitrogens is 2. The van der Waals surface area contributed by atoms with Crippen molar-refractivity contribution in [3.05, 3.63) is 47.3 Å². The van der Waals surface area contributed by atoms with E-state index in [1.165, 1.54) is 5.69 Å². The van der Waals surface area contributed by atoms with Gasteiger partial charge in [-0.25, -0.2) is 4.79 Å². The minimum Gasteiger partial charge on any atom is -0.482 e. The van der Waals surface area contributed by atoms with Gasteiger partial charge in [0.1, 0.15) is 5.75 Å². The molecule has 7 heteroatoms. The van der Waals surface area contributed by atoms with Crippen LogP contribution >= 0.6 is 0 Å². The van der Waals surface area contributed by atoms with Gasteiger partial charge >= 0.3 is 5.97 Å². The summed E-state index contributed by atoms with van der Waals surface area (Å²) in [4.78, 5) is 25.4. The third kappa shape index (κ3) is 3.87. The van der Waals surface area contributed by atoms with Crippen LogP contribution in [0.2, 0.25) is 0 Å². The summed E-state index contributed by atoms with van der Waals surface area (Å²) in [5.74, 6) is -0.668. The highest BCUT2D eigenvalue weighted by atomic mass is 16.5. The Kier molecular flexibility index (Phi) is 4.71. The SMILES string of the molecule is Cn1ncc2c1CC(C)(C)CN(C(=O)c1ccc(OCC(=O)O)cc1)C2. The van der Waals surface area contributed by atoms with Crippen LogP contribution in [0.4, 0.5) is 0 Å². The molecular formula is C19H23N3O4. The van der Waals surface area contributed by atoms with Crippen LogP contribution in [0.25, 0.3) is 0 Å². The van der Waals surface area contributed by atoms with Crippen molar-refractivity contribution in [2.24, 2.45) is 12.5 Å². The van der Waals surface area contributed by atoms with Gasteiger partial charge in [0.2, 0.25) is 0 Å². The van der Waals surface area contributed by atoms with Gasteiger partial charge in [0.25, 0.3) is 5.91 Å². The lowest BCUT2D eigenvalue weighted by molar-refractivity contribution is -0.139. The summed E-state index contributed by atoms with van der Waals surface area (Å²) in [6.45, 7) is 5.08. The Morgan fingerprint density at radius 2 is 1.96 bits per heavy atom. The number of nitrogens with zero attached hydrogens (tertiary/aromatic N) is 3. The number of amides is 1. The molecule has 0 bridgehead atoms. The van der Waals surface area contributed by atoms with Gasteiger partial charge < -0.3 is 14.7 Å². The Hall–Kier alpha value is -2.83. The molecule has 0 atom stereocenters. The average Bonchev–Trinajstić information content (AvgIpc) is 2.84. The number of ether oxygens (including phenoxy) is 1. The van der Waals surface area contributed by atoms with Gasteiger partial charge in [-0.2, -0.15) is 5.10 Å². The van der Waals surface area contributed by atoms with E-state index < -0.39 is 12.6 Å². The molecule has 3 rings (SSSR count). The fourth-order valence-electron chi connectivity index (χ4n) is 3.32. The third-order valence-electron chi connectivity index (χ3n) is 4.52. The van der Waals surface area contributed by atoms with Crippen LogP contribution in [0.15, 0.2) is 30.5 Å². The van der Waals surface area contributed by atoms with E-state index in [0.29, 0.717) is 24.4 Å². The summed E-state index contributed by atoms with van der Waals surface area (Å²) in [6.07, 6.45) is 2.70. The average molecular weight is 357 g/mol. The van der Waals surface area contributed by atoms with Crippen molar-refractivity contribution in [2.45, 2.75) is 26.8 Å². The fraction of sp³-hybridized carbons (Fsp3) is 0.421. The minimum absolute atomic E-state index is 0.0560. The first kappa shape index (κ1) is 18.0. The van der Waals surface area contributed by atoms with E-state index in [4.69, 9.17) is 9.84 Å². The first-order valence-electron chi connectivity index (χ1n) is 8.49. The maximum absolute atomic E-state index is 13.0. The first-order chi connectivity index (χ1) is 12.2. The van der Waals surface area contributed by atoms with Gasteiger partial charge in [0.15, 0.2) is 6.61 Å². The molecule has 0 spiro atoms. The predicted octanol–water partition coefficient (Wildman–Crippen LogP) is 2.11. The monoisotopic (exact) mass is 357 g/mol. The number of carbonyl (C=O) groups excluding carboxylic acids is 1. The van der Waals surface area contributed by atoms with Gasteiger partial charge in [0, 0.05) is 37.0 Å². The van der Waals surface area contributed by atoms with Crippen LogP contribution in [-0.2, 0) is 24.8 Å². The van der Waals surface area contributed by atoms with Crippen molar-refractivity contribution in [1.82, 2.24) is 14.7 Å². The Morgan fingerprint density at radius 3 is 2.62 bits per heavy atom. The van der Waals surface area contributed by atoms with E-state index >= 15 is 0 Å². The molecule has 0 saturated heterocycles. The zero-order valence-electron chi connectivity index (χ0n) is 15.2. The maximum atomic E-state index is 13.0. The predicted molar refractivity (Wildman–Crippen MR) is 95.0 cm³/mol. The number of aryl methyl sites for hydroxylation is 1. The second-order valence-electron chi connectivity index (χ2n) is 7.45. The lowest BCUT2D eigenvalue weighted by Gasteiger charge is -2.29. The molecule has 1 aliphatic heterocycles. The van der Waals surface area contributed by atoms with Gasteiger partial charge in [-0.3, -0.25) is 9.48 Å². The van der Waals surface area contributed by atoms with E-state index in [1.807, 2.05) is 22.8 Å². The maximum Gasteiger partial charge on any atom is 0.341 e. The number of carbonyl (C=O) groups is 2. The molecule has 7 nitrogen and oxygen atoms in total. The summed E-state index contributed by atoms with van der Waals surface area (Å²) in [5, 5.41) is 13.0. The molecule has 1 aromatic heterocycles. The molecule has 1 aliphatic rings. The molecule has 0 fully saturated rings. The number of carboxylic acids is 1. The summed E-state index contributed by atoms with van der Waals surface area (Å²) < 4.78 is 7.00. The van der Waals surface area contributed by atoms with Gasteiger partial charge in [-0.05, 0) is 36.1 Å². The second kappa shape index (κ2) is 6.82. The van der Waals surface area contributed by atoms with E-state index in [1.54, 1.807) is 24.3 Å². The Balaban J connectivity index is 1.79. The third-order valence-corrected chi connectivity index (χ3v) is 4.52. The minimum atomic E-state index is -1.04. The molecular weight excluding hydrogens is 334 g/mol. The summed E-state index contributed by atoms with van der Waals surface area (Å²) in [6, 6.07) is 6.58. The normalized spacial score (nSPS) is 15.9. The summed E-state index contributed by atoms with van der Waals surface area (Å²) in [7, 11) is 1.93. The molecule has 2 heterocycles. The molecule has 1 aromatic carbocycles. The van der Waals surface area contributed by atoms with Crippen molar-refractivity contribution < 1.29 is 19.4 Å². The zero-order valence-corrected chi connectivity index (χ0v) is 15.2. The molecule has 26 heavy (non-hydrogen) atoms. The van der Waals surface area contributed by atoms with Gasteiger partial charge in [0.05, 0.1) is 6.20 Å². The smallest absolute Gasteiger partial charge is 0.341 e. The summed E-state index contributed by atoms with van der Waals surface area (Å²) >= 11 is 0. The molecule has 1 amide bonds. The molecule has 2 aromatic rings. The second-order valence-corrected chi connectivity index (χ2v) is 7.45. The molecule has 0 aliphatic carbocycles. The van der Waals surface area contributed by atoms with E-state index in [2.05, 4.69) is 18.9 Å². The van der Waals surface area contributed by atoms with E-state index in [9.17, 15) is 9.59 Å². The number of fused-ring (bicyclic) bond motifs is 1. The Morgan fingerprint density at radius 1 is 1.27 bits per heavy atom.